The molecule has 1 aromatic heterocycles. The van der Waals surface area contributed by atoms with Crippen molar-refractivity contribution in [1.82, 2.24) is 9.97 Å². The van der Waals surface area contributed by atoms with Gasteiger partial charge in [-0.2, -0.15) is 0 Å². The van der Waals surface area contributed by atoms with Crippen molar-refractivity contribution in [2.24, 2.45) is 0 Å². The fraction of sp³-hybridized carbons (Fsp3) is 0.643. The van der Waals surface area contributed by atoms with Crippen molar-refractivity contribution in [3.63, 3.8) is 0 Å². The van der Waals surface area contributed by atoms with Crippen molar-refractivity contribution < 1.29 is 9.90 Å². The van der Waals surface area contributed by atoms with Crippen LogP contribution in [0.3, 0.4) is 0 Å². The highest BCUT2D eigenvalue weighted by Crippen LogP contribution is 2.36. The molecule has 1 atom stereocenters. The maximum atomic E-state index is 11.8. The predicted octanol–water partition coefficient (Wildman–Crippen LogP) is 2.32. The first-order valence-electron chi connectivity index (χ1n) is 6.83. The second kappa shape index (κ2) is 5.15. The molecule has 1 aliphatic heterocycles. The molecule has 19 heavy (non-hydrogen) atoms. The van der Waals surface area contributed by atoms with Crippen LogP contribution in [0.4, 0.5) is 5.95 Å². The van der Waals surface area contributed by atoms with Gasteiger partial charge in [-0.15, -0.1) is 0 Å². The van der Waals surface area contributed by atoms with Gasteiger partial charge in [-0.3, -0.25) is 0 Å². The topological polar surface area (TPSA) is 66.3 Å². The van der Waals surface area contributed by atoms with E-state index in [4.69, 9.17) is 0 Å². The molecule has 1 aliphatic rings. The zero-order valence-corrected chi connectivity index (χ0v) is 11.8. The predicted molar refractivity (Wildman–Crippen MR) is 73.4 cm³/mol. The lowest BCUT2D eigenvalue weighted by molar-refractivity contribution is -0.143. The first kappa shape index (κ1) is 13.8. The second-order valence-electron chi connectivity index (χ2n) is 5.29. The lowest BCUT2D eigenvalue weighted by atomic mass is 9.91. The number of carboxylic acid groups (broad SMARTS) is 1. The van der Waals surface area contributed by atoms with Gasteiger partial charge in [0.05, 0.1) is 0 Å². The Balaban J connectivity index is 2.43. The summed E-state index contributed by atoms with van der Waals surface area (Å²) in [5, 5.41) is 9.67. The van der Waals surface area contributed by atoms with E-state index in [1.54, 1.807) is 0 Å². The van der Waals surface area contributed by atoms with E-state index >= 15 is 0 Å². The van der Waals surface area contributed by atoms with Gasteiger partial charge in [0.1, 0.15) is 5.54 Å². The minimum Gasteiger partial charge on any atom is -0.479 e. The smallest absolute Gasteiger partial charge is 0.329 e. The number of aliphatic carboxylic acids is 1. The molecule has 1 aromatic rings. The Morgan fingerprint density at radius 3 is 2.58 bits per heavy atom. The van der Waals surface area contributed by atoms with Crippen LogP contribution in [0.25, 0.3) is 0 Å². The molecule has 0 saturated carbocycles. The Morgan fingerprint density at radius 1 is 1.42 bits per heavy atom. The van der Waals surface area contributed by atoms with Crippen LogP contribution in [0, 0.1) is 13.8 Å². The number of aromatic nitrogens is 2. The van der Waals surface area contributed by atoms with Crippen LogP contribution >= 0.6 is 0 Å². The summed E-state index contributed by atoms with van der Waals surface area (Å²) >= 11 is 0. The highest BCUT2D eigenvalue weighted by molar-refractivity contribution is 5.83. The van der Waals surface area contributed by atoms with E-state index in [0.29, 0.717) is 18.8 Å². The van der Waals surface area contributed by atoms with Crippen molar-refractivity contribution in [2.45, 2.75) is 52.0 Å². The van der Waals surface area contributed by atoms with Gasteiger partial charge >= 0.3 is 5.97 Å². The quantitative estimate of drug-likeness (QED) is 0.903. The third-order valence-corrected chi connectivity index (χ3v) is 3.76. The molecule has 1 fully saturated rings. The molecule has 0 bridgehead atoms. The number of carboxylic acids is 1. The van der Waals surface area contributed by atoms with Crippen molar-refractivity contribution in [1.29, 1.82) is 0 Å². The van der Waals surface area contributed by atoms with Crippen molar-refractivity contribution in [2.75, 3.05) is 11.4 Å². The van der Waals surface area contributed by atoms with E-state index in [2.05, 4.69) is 9.97 Å². The molecule has 0 aliphatic carbocycles. The summed E-state index contributed by atoms with van der Waals surface area (Å²) in [6.45, 7) is 6.56. The molecule has 1 unspecified atom stereocenters. The van der Waals surface area contributed by atoms with E-state index in [1.807, 2.05) is 31.7 Å². The van der Waals surface area contributed by atoms with E-state index in [9.17, 15) is 9.90 Å². The first-order valence-corrected chi connectivity index (χ1v) is 6.83. The maximum absolute atomic E-state index is 11.8. The van der Waals surface area contributed by atoms with Crippen LogP contribution in [-0.2, 0) is 4.79 Å². The highest BCUT2D eigenvalue weighted by atomic mass is 16.4. The standard InChI is InChI=1S/C14H21N3O2/c1-4-6-14(12(18)19)7-5-8-17(14)13-15-10(2)9-11(3)16-13/h9H,4-8H2,1-3H3,(H,18,19). The molecule has 2 rings (SSSR count). The largest absolute Gasteiger partial charge is 0.479 e. The summed E-state index contributed by atoms with van der Waals surface area (Å²) in [4.78, 5) is 22.5. The SMILES string of the molecule is CCCC1(C(=O)O)CCCN1c1nc(C)cc(C)n1. The van der Waals surface area contributed by atoms with Gasteiger partial charge < -0.3 is 10.0 Å². The molecule has 5 nitrogen and oxygen atoms in total. The summed E-state index contributed by atoms with van der Waals surface area (Å²) in [5.41, 5.74) is 0.935. The molecule has 5 heteroatoms. The Morgan fingerprint density at radius 2 is 2.05 bits per heavy atom. The fourth-order valence-electron chi connectivity index (χ4n) is 3.00. The Labute approximate surface area is 113 Å². The molecular formula is C14H21N3O2. The molecule has 104 valence electrons. The van der Waals surface area contributed by atoms with Crippen molar-refractivity contribution in [3.05, 3.63) is 17.5 Å². The third kappa shape index (κ3) is 2.41. The zero-order valence-electron chi connectivity index (χ0n) is 11.8. The zero-order chi connectivity index (χ0) is 14.0. The van der Waals surface area contributed by atoms with Gasteiger partial charge in [-0.05, 0) is 39.2 Å². The number of carbonyl (C=O) groups is 1. The monoisotopic (exact) mass is 263 g/mol. The van der Waals surface area contributed by atoms with Crippen LogP contribution in [0.2, 0.25) is 0 Å². The van der Waals surface area contributed by atoms with Gasteiger partial charge in [0.15, 0.2) is 0 Å². The van der Waals surface area contributed by atoms with E-state index < -0.39 is 11.5 Å². The lowest BCUT2D eigenvalue weighted by Gasteiger charge is -2.34. The van der Waals surface area contributed by atoms with E-state index in [1.165, 1.54) is 0 Å². The molecule has 0 spiro atoms. The van der Waals surface area contributed by atoms with E-state index in [0.717, 1.165) is 30.8 Å². The van der Waals surface area contributed by atoms with Crippen LogP contribution in [0.5, 0.6) is 0 Å². The minimum absolute atomic E-state index is 0.561. The van der Waals surface area contributed by atoms with Gasteiger partial charge in [0.25, 0.3) is 0 Å². The Kier molecular flexibility index (Phi) is 3.73. The lowest BCUT2D eigenvalue weighted by Crippen LogP contribution is -2.51. The number of hydrogen-bond acceptors (Lipinski definition) is 4. The fourth-order valence-corrected chi connectivity index (χ4v) is 3.00. The van der Waals surface area contributed by atoms with E-state index in [-0.39, 0.29) is 0 Å². The molecule has 1 N–H and O–H groups in total. The van der Waals surface area contributed by atoms with Crippen molar-refractivity contribution in [3.8, 4) is 0 Å². The maximum Gasteiger partial charge on any atom is 0.329 e. The summed E-state index contributed by atoms with van der Waals surface area (Å²) in [6, 6.07) is 1.90. The van der Waals surface area contributed by atoms with Gasteiger partial charge in [-0.1, -0.05) is 13.3 Å². The van der Waals surface area contributed by atoms with Crippen LogP contribution in [0.1, 0.15) is 44.0 Å². The average Bonchev–Trinajstić information content (AvgIpc) is 2.73. The number of anilines is 1. The van der Waals surface area contributed by atoms with Crippen molar-refractivity contribution >= 4 is 11.9 Å². The molecular weight excluding hydrogens is 242 g/mol. The Hall–Kier alpha value is -1.65. The number of aryl methyl sites for hydroxylation is 2. The summed E-state index contributed by atoms with van der Waals surface area (Å²) in [7, 11) is 0. The molecule has 0 amide bonds. The minimum atomic E-state index is -0.824. The van der Waals surface area contributed by atoms with Crippen LogP contribution in [-0.4, -0.2) is 33.1 Å². The molecule has 0 radical (unpaired) electrons. The normalized spacial score (nSPS) is 22.8. The number of rotatable bonds is 4. The van der Waals surface area contributed by atoms with Gasteiger partial charge in [0.2, 0.25) is 5.95 Å². The first-order chi connectivity index (χ1) is 8.99. The van der Waals surface area contributed by atoms with Crippen LogP contribution in [0.15, 0.2) is 6.07 Å². The van der Waals surface area contributed by atoms with Gasteiger partial charge in [0, 0.05) is 17.9 Å². The molecule has 2 heterocycles. The number of nitrogens with zero attached hydrogens (tertiary/aromatic N) is 3. The Bertz CT molecular complexity index is 469. The van der Waals surface area contributed by atoms with Gasteiger partial charge in [-0.25, -0.2) is 14.8 Å². The summed E-state index contributed by atoms with van der Waals surface area (Å²) in [5.74, 6) is -0.194. The summed E-state index contributed by atoms with van der Waals surface area (Å²) < 4.78 is 0. The summed E-state index contributed by atoms with van der Waals surface area (Å²) in [6.07, 6.45) is 3.03. The second-order valence-corrected chi connectivity index (χ2v) is 5.29. The molecule has 1 saturated heterocycles. The third-order valence-electron chi connectivity index (χ3n) is 3.76. The molecule has 0 aromatic carbocycles. The number of hydrogen-bond donors (Lipinski definition) is 1. The average molecular weight is 263 g/mol. The highest BCUT2D eigenvalue weighted by Gasteiger charge is 2.48. The van der Waals surface area contributed by atoms with Crippen LogP contribution < -0.4 is 4.90 Å².